The zero-order valence-corrected chi connectivity index (χ0v) is 34.3. The summed E-state index contributed by atoms with van der Waals surface area (Å²) in [6.07, 6.45) is 0.963. The summed E-state index contributed by atoms with van der Waals surface area (Å²) in [5, 5.41) is -0.272. The lowest BCUT2D eigenvalue weighted by Gasteiger charge is -2.62. The molecule has 0 aromatic heterocycles. The van der Waals surface area contributed by atoms with Gasteiger partial charge in [-0.2, -0.15) is 0 Å². The largest absolute Gasteiger partial charge is 0.391 e. The lowest BCUT2D eigenvalue weighted by atomic mass is 9.80. The standard InChI is InChI=1S/C42H62O10Si/c1-38(2,3)53(39(4,5)6)47-27-36-33(52-53)22-32-35(48-36)24-41(43-8)42(44-9,51-32)23-34-31(50-41)20-21-40(7,46-26-30-18-14-11-15-19-30)37(49-34)28-45-25-29-16-12-10-13-17-29/h10-19,31-37H,20-28H2,1-9H3/t31-,32+,33-,34+,35-,36+,37-,40+,41+,42-/m0/s1. The van der Waals surface area contributed by atoms with E-state index < -0.39 is 25.7 Å². The molecule has 0 N–H and O–H groups in total. The Morgan fingerprint density at radius 3 is 1.85 bits per heavy atom. The van der Waals surface area contributed by atoms with E-state index in [0.29, 0.717) is 58.5 Å². The highest BCUT2D eigenvalue weighted by atomic mass is 28.4. The summed E-state index contributed by atoms with van der Waals surface area (Å²) < 4.78 is 67.9. The molecule has 0 bridgehead atoms. The van der Waals surface area contributed by atoms with Crippen LogP contribution in [0.5, 0.6) is 0 Å². The van der Waals surface area contributed by atoms with Crippen molar-refractivity contribution in [3.8, 4) is 0 Å². The maximum absolute atomic E-state index is 7.13. The molecule has 5 aliphatic heterocycles. The second-order valence-electron chi connectivity index (χ2n) is 18.0. The molecule has 5 fully saturated rings. The van der Waals surface area contributed by atoms with E-state index in [2.05, 4.69) is 72.7 Å². The molecule has 0 spiro atoms. The quantitative estimate of drug-likeness (QED) is 0.239. The number of rotatable bonds is 9. The minimum absolute atomic E-state index is 0.136. The van der Waals surface area contributed by atoms with Crippen LogP contribution in [0, 0.1) is 0 Å². The molecule has 7 rings (SSSR count). The molecule has 294 valence electrons. The van der Waals surface area contributed by atoms with Crippen LogP contribution in [0.3, 0.4) is 0 Å². The fraction of sp³-hybridized carbons (Fsp3) is 0.714. The second kappa shape index (κ2) is 15.0. The van der Waals surface area contributed by atoms with E-state index in [-0.39, 0.29) is 52.8 Å². The van der Waals surface area contributed by atoms with Crippen molar-refractivity contribution in [2.24, 2.45) is 0 Å². The minimum atomic E-state index is -2.71. The summed E-state index contributed by atoms with van der Waals surface area (Å²) in [7, 11) is 0.646. The van der Waals surface area contributed by atoms with Gasteiger partial charge in [-0.1, -0.05) is 102 Å². The average molecular weight is 755 g/mol. The first kappa shape index (κ1) is 39.5. The highest BCUT2D eigenvalue weighted by Crippen LogP contribution is 2.58. The Morgan fingerprint density at radius 2 is 1.26 bits per heavy atom. The van der Waals surface area contributed by atoms with Crippen molar-refractivity contribution in [3.63, 3.8) is 0 Å². The van der Waals surface area contributed by atoms with Crippen molar-refractivity contribution in [2.75, 3.05) is 27.4 Å². The summed E-state index contributed by atoms with van der Waals surface area (Å²) in [5.74, 6) is -2.45. The molecule has 5 saturated heterocycles. The van der Waals surface area contributed by atoms with Crippen LogP contribution in [-0.4, -0.2) is 95.9 Å². The van der Waals surface area contributed by atoms with Gasteiger partial charge in [0.1, 0.15) is 12.2 Å². The molecule has 53 heavy (non-hydrogen) atoms. The molecule has 0 saturated carbocycles. The lowest BCUT2D eigenvalue weighted by molar-refractivity contribution is -0.483. The number of hydrogen-bond acceptors (Lipinski definition) is 10. The van der Waals surface area contributed by atoms with E-state index in [4.69, 9.17) is 46.7 Å². The van der Waals surface area contributed by atoms with Gasteiger partial charge in [0, 0.05) is 43.6 Å². The molecular formula is C42H62O10Si. The van der Waals surface area contributed by atoms with Gasteiger partial charge < -0.3 is 46.7 Å². The molecule has 0 unspecified atom stereocenters. The first-order chi connectivity index (χ1) is 25.2. The van der Waals surface area contributed by atoms with Gasteiger partial charge in [0.2, 0.25) is 11.6 Å². The maximum atomic E-state index is 7.13. The summed E-state index contributed by atoms with van der Waals surface area (Å²) in [4.78, 5) is 0. The average Bonchev–Trinajstić information content (AvgIpc) is 3.26. The Hall–Kier alpha value is -1.74. The Morgan fingerprint density at radius 1 is 0.698 bits per heavy atom. The van der Waals surface area contributed by atoms with Crippen molar-refractivity contribution in [1.29, 1.82) is 0 Å². The van der Waals surface area contributed by atoms with E-state index in [1.165, 1.54) is 0 Å². The third kappa shape index (κ3) is 7.34. The van der Waals surface area contributed by atoms with Crippen molar-refractivity contribution in [3.05, 3.63) is 71.8 Å². The first-order valence-corrected chi connectivity index (χ1v) is 21.4. The predicted molar refractivity (Wildman–Crippen MR) is 201 cm³/mol. The van der Waals surface area contributed by atoms with Gasteiger partial charge in [0.25, 0.3) is 0 Å². The smallest absolute Gasteiger partial charge is 0.349 e. The van der Waals surface area contributed by atoms with Crippen LogP contribution in [0.4, 0.5) is 0 Å². The monoisotopic (exact) mass is 754 g/mol. The van der Waals surface area contributed by atoms with Crippen LogP contribution < -0.4 is 0 Å². The number of benzene rings is 2. The third-order valence-electron chi connectivity index (χ3n) is 12.4. The van der Waals surface area contributed by atoms with Gasteiger partial charge in [-0.05, 0) is 30.9 Å². The van der Waals surface area contributed by atoms with Crippen molar-refractivity contribution in [2.45, 2.75) is 164 Å². The van der Waals surface area contributed by atoms with Crippen molar-refractivity contribution >= 4 is 8.56 Å². The zero-order chi connectivity index (χ0) is 37.7. The summed E-state index contributed by atoms with van der Waals surface area (Å²) in [5.41, 5.74) is 1.56. The van der Waals surface area contributed by atoms with Crippen LogP contribution in [-0.2, 0) is 60.0 Å². The molecule has 0 aliphatic carbocycles. The van der Waals surface area contributed by atoms with Gasteiger partial charge >= 0.3 is 8.56 Å². The van der Waals surface area contributed by atoms with Gasteiger partial charge in [-0.15, -0.1) is 0 Å². The van der Waals surface area contributed by atoms with Gasteiger partial charge in [-0.25, -0.2) is 0 Å². The molecule has 10 atom stereocenters. The molecule has 0 amide bonds. The number of ether oxygens (including phenoxy) is 8. The van der Waals surface area contributed by atoms with Crippen LogP contribution in [0.25, 0.3) is 0 Å². The first-order valence-electron chi connectivity index (χ1n) is 19.5. The Balaban J connectivity index is 1.13. The van der Waals surface area contributed by atoms with E-state index in [9.17, 15) is 0 Å². The van der Waals surface area contributed by atoms with E-state index in [1.54, 1.807) is 14.2 Å². The fourth-order valence-corrected chi connectivity index (χ4v) is 14.6. The summed E-state index contributed by atoms with van der Waals surface area (Å²) >= 11 is 0. The Labute approximate surface area is 317 Å². The number of fused-ring (bicyclic) bond motifs is 4. The normalized spacial score (nSPS) is 38.5. The second-order valence-corrected chi connectivity index (χ2v) is 22.7. The van der Waals surface area contributed by atoms with Gasteiger partial charge in [0.05, 0.1) is 62.5 Å². The van der Waals surface area contributed by atoms with Gasteiger partial charge in [0.15, 0.2) is 0 Å². The number of hydrogen-bond donors (Lipinski definition) is 0. The Kier molecular flexibility index (Phi) is 11.2. The van der Waals surface area contributed by atoms with Gasteiger partial charge in [-0.3, -0.25) is 0 Å². The number of methoxy groups -OCH3 is 2. The fourth-order valence-electron chi connectivity index (χ4n) is 9.64. The SMILES string of the molecule is CO[C@]12C[C@H]3O[C@@H](COCc4ccccc4)[C@](C)(OCc4ccccc4)CC[C@@H]3O[C@]1(OC)C[C@@H]1O[C@@H]3CO[Si](C(C)(C)C)(C(C)(C)C)O[C@H]3C[C@H]1O2. The molecule has 2 aromatic carbocycles. The third-order valence-corrected chi connectivity index (χ3v) is 17.6. The van der Waals surface area contributed by atoms with E-state index in [0.717, 1.165) is 11.1 Å². The van der Waals surface area contributed by atoms with Crippen LogP contribution >= 0.6 is 0 Å². The molecule has 0 radical (unpaired) electrons. The van der Waals surface area contributed by atoms with E-state index >= 15 is 0 Å². The molecule has 2 aromatic rings. The topological polar surface area (TPSA) is 92.3 Å². The van der Waals surface area contributed by atoms with Crippen LogP contribution in [0.1, 0.15) is 91.7 Å². The van der Waals surface area contributed by atoms with Crippen LogP contribution in [0.2, 0.25) is 10.1 Å². The van der Waals surface area contributed by atoms with Crippen LogP contribution in [0.15, 0.2) is 60.7 Å². The molecular weight excluding hydrogens is 693 g/mol. The molecule has 10 nitrogen and oxygen atoms in total. The molecule has 5 aliphatic rings. The lowest BCUT2D eigenvalue weighted by Crippen LogP contribution is -2.75. The minimum Gasteiger partial charge on any atom is -0.391 e. The highest BCUT2D eigenvalue weighted by Gasteiger charge is 2.70. The molecule has 11 heteroatoms. The summed E-state index contributed by atoms with van der Waals surface area (Å²) in [6, 6.07) is 20.5. The maximum Gasteiger partial charge on any atom is 0.349 e. The highest BCUT2D eigenvalue weighted by molar-refractivity contribution is 6.73. The van der Waals surface area contributed by atoms with Crippen molar-refractivity contribution < 1.29 is 46.7 Å². The molecule has 5 heterocycles. The predicted octanol–water partition coefficient (Wildman–Crippen LogP) is 7.60. The van der Waals surface area contributed by atoms with E-state index in [1.807, 2.05) is 36.4 Å². The van der Waals surface area contributed by atoms with Crippen molar-refractivity contribution in [1.82, 2.24) is 0 Å². The zero-order valence-electron chi connectivity index (χ0n) is 33.3. The summed E-state index contributed by atoms with van der Waals surface area (Å²) in [6.45, 7) is 17.4. The Bertz CT molecular complexity index is 1500.